The molecule has 4 aromatic rings. The van der Waals surface area contributed by atoms with Gasteiger partial charge >= 0.3 is 0 Å². The van der Waals surface area contributed by atoms with Crippen molar-refractivity contribution in [2.75, 3.05) is 4.72 Å². The van der Waals surface area contributed by atoms with Gasteiger partial charge < -0.3 is 0 Å². The standard InChI is InChI=1S/C24H20N4O4S2/c1-16-21(33-24(25-16)18-8-4-2-5-9-18)23(30)27-26-22(29)17-12-14-20(15-13-17)34(31,32)28-19-10-6-3-7-11-19/h2-15,28H,1H3,(H,26,29)(H,27,30). The normalized spacial score (nSPS) is 11.0. The van der Waals surface area contributed by atoms with E-state index in [1.807, 2.05) is 30.3 Å². The summed E-state index contributed by atoms with van der Waals surface area (Å²) in [6.07, 6.45) is 0. The summed E-state index contributed by atoms with van der Waals surface area (Å²) in [6.45, 7) is 1.72. The van der Waals surface area contributed by atoms with Crippen LogP contribution in [-0.2, 0) is 10.0 Å². The molecule has 8 nitrogen and oxygen atoms in total. The second-order valence-electron chi connectivity index (χ2n) is 7.20. The van der Waals surface area contributed by atoms with E-state index in [9.17, 15) is 18.0 Å². The molecule has 1 aromatic heterocycles. The Hall–Kier alpha value is -4.02. The minimum Gasteiger partial charge on any atom is -0.280 e. The Morgan fingerprint density at radius 3 is 2.03 bits per heavy atom. The Bertz CT molecular complexity index is 1420. The van der Waals surface area contributed by atoms with Crippen molar-refractivity contribution in [2.45, 2.75) is 11.8 Å². The molecule has 0 fully saturated rings. The number of para-hydroxylation sites is 1. The number of hydrazine groups is 1. The molecule has 0 radical (unpaired) electrons. The molecule has 1 heterocycles. The number of carbonyl (C=O) groups is 2. The third kappa shape index (κ3) is 5.30. The van der Waals surface area contributed by atoms with Crippen molar-refractivity contribution in [1.82, 2.24) is 15.8 Å². The van der Waals surface area contributed by atoms with Crippen LogP contribution in [0.1, 0.15) is 25.7 Å². The zero-order valence-corrected chi connectivity index (χ0v) is 19.6. The Morgan fingerprint density at radius 1 is 0.794 bits per heavy atom. The summed E-state index contributed by atoms with van der Waals surface area (Å²) in [5, 5.41) is 0.704. The van der Waals surface area contributed by atoms with Gasteiger partial charge in [-0.15, -0.1) is 11.3 Å². The molecule has 0 saturated heterocycles. The molecule has 0 unspecified atom stereocenters. The maximum absolute atomic E-state index is 12.6. The van der Waals surface area contributed by atoms with Crippen molar-refractivity contribution in [2.24, 2.45) is 0 Å². The number of amides is 2. The summed E-state index contributed by atoms with van der Waals surface area (Å²) in [5.74, 6) is -1.07. The van der Waals surface area contributed by atoms with Crippen LogP contribution in [0.2, 0.25) is 0 Å². The second-order valence-corrected chi connectivity index (χ2v) is 9.89. The lowest BCUT2D eigenvalue weighted by atomic mass is 10.2. The van der Waals surface area contributed by atoms with Crippen LogP contribution in [0, 0.1) is 6.92 Å². The number of anilines is 1. The number of aromatic nitrogens is 1. The molecule has 0 spiro atoms. The van der Waals surface area contributed by atoms with E-state index < -0.39 is 21.8 Å². The Kier molecular flexibility index (Phi) is 6.71. The molecule has 0 aliphatic rings. The maximum Gasteiger partial charge on any atom is 0.281 e. The molecule has 10 heteroatoms. The second kappa shape index (κ2) is 9.86. The predicted molar refractivity (Wildman–Crippen MR) is 131 cm³/mol. The van der Waals surface area contributed by atoms with Crippen molar-refractivity contribution in [3.63, 3.8) is 0 Å². The number of nitrogens with one attached hydrogen (secondary N) is 3. The number of carbonyl (C=O) groups excluding carboxylic acids is 2. The Labute approximate surface area is 200 Å². The first kappa shape index (κ1) is 23.1. The van der Waals surface area contributed by atoms with Crippen LogP contribution in [0.5, 0.6) is 0 Å². The van der Waals surface area contributed by atoms with Crippen LogP contribution >= 0.6 is 11.3 Å². The summed E-state index contributed by atoms with van der Waals surface area (Å²) in [6, 6.07) is 23.3. The molecular formula is C24H20N4O4S2. The summed E-state index contributed by atoms with van der Waals surface area (Å²) in [7, 11) is -3.80. The molecule has 172 valence electrons. The van der Waals surface area contributed by atoms with E-state index in [0.717, 1.165) is 5.56 Å². The molecule has 4 rings (SSSR count). The number of benzene rings is 3. The van der Waals surface area contributed by atoms with Gasteiger partial charge in [0, 0.05) is 16.8 Å². The van der Waals surface area contributed by atoms with Gasteiger partial charge in [-0.05, 0) is 43.3 Å². The van der Waals surface area contributed by atoms with Gasteiger partial charge in [-0.25, -0.2) is 13.4 Å². The van der Waals surface area contributed by atoms with Crippen LogP contribution in [0.4, 0.5) is 5.69 Å². The highest BCUT2D eigenvalue weighted by Crippen LogP contribution is 2.27. The number of thiazole rings is 1. The van der Waals surface area contributed by atoms with Crippen LogP contribution < -0.4 is 15.6 Å². The van der Waals surface area contributed by atoms with Crippen LogP contribution in [0.15, 0.2) is 89.8 Å². The van der Waals surface area contributed by atoms with Crippen molar-refractivity contribution in [1.29, 1.82) is 0 Å². The SMILES string of the molecule is Cc1nc(-c2ccccc2)sc1C(=O)NNC(=O)c1ccc(S(=O)(=O)Nc2ccccc2)cc1. The maximum atomic E-state index is 12.6. The first-order valence-electron chi connectivity index (χ1n) is 10.1. The predicted octanol–water partition coefficient (Wildman–Crippen LogP) is 3.99. The third-order valence-electron chi connectivity index (χ3n) is 4.77. The van der Waals surface area contributed by atoms with Crippen LogP contribution in [0.3, 0.4) is 0 Å². The van der Waals surface area contributed by atoms with Gasteiger partial charge in [0.05, 0.1) is 10.6 Å². The zero-order chi connectivity index (χ0) is 24.1. The fourth-order valence-electron chi connectivity index (χ4n) is 3.06. The quantitative estimate of drug-likeness (QED) is 0.352. The molecule has 3 aromatic carbocycles. The van der Waals surface area contributed by atoms with Gasteiger partial charge in [-0.3, -0.25) is 25.2 Å². The number of hydrogen-bond acceptors (Lipinski definition) is 6. The average molecular weight is 493 g/mol. The summed E-state index contributed by atoms with van der Waals surface area (Å²) in [5.41, 5.74) is 6.80. The van der Waals surface area contributed by atoms with Gasteiger partial charge in [0.2, 0.25) is 0 Å². The lowest BCUT2D eigenvalue weighted by Gasteiger charge is -2.09. The highest BCUT2D eigenvalue weighted by molar-refractivity contribution is 7.92. The molecule has 34 heavy (non-hydrogen) atoms. The van der Waals surface area contributed by atoms with Crippen molar-refractivity contribution in [3.05, 3.63) is 101 Å². The zero-order valence-electron chi connectivity index (χ0n) is 18.0. The lowest BCUT2D eigenvalue weighted by Crippen LogP contribution is -2.41. The summed E-state index contributed by atoms with van der Waals surface area (Å²) >= 11 is 1.23. The van der Waals surface area contributed by atoms with Crippen molar-refractivity contribution in [3.8, 4) is 10.6 Å². The largest absolute Gasteiger partial charge is 0.281 e. The summed E-state index contributed by atoms with van der Waals surface area (Å²) in [4.78, 5) is 29.8. The molecule has 0 aliphatic carbocycles. The molecule has 0 atom stereocenters. The van der Waals surface area contributed by atoms with Crippen molar-refractivity contribution < 1.29 is 18.0 Å². The van der Waals surface area contributed by atoms with Gasteiger partial charge in [-0.1, -0.05) is 48.5 Å². The number of aryl methyl sites for hydroxylation is 1. The summed E-state index contributed by atoms with van der Waals surface area (Å²) < 4.78 is 27.5. The van der Waals surface area contributed by atoms with E-state index in [1.165, 1.54) is 35.6 Å². The van der Waals surface area contributed by atoms with E-state index in [1.54, 1.807) is 37.3 Å². The van der Waals surface area contributed by atoms with E-state index in [2.05, 4.69) is 20.6 Å². The van der Waals surface area contributed by atoms with E-state index in [-0.39, 0.29) is 10.5 Å². The molecular weight excluding hydrogens is 472 g/mol. The fourth-order valence-corrected chi connectivity index (χ4v) is 5.09. The van der Waals surface area contributed by atoms with Gasteiger partial charge in [0.15, 0.2) is 0 Å². The first-order valence-corrected chi connectivity index (χ1v) is 12.4. The highest BCUT2D eigenvalue weighted by Gasteiger charge is 2.18. The molecule has 0 saturated carbocycles. The number of sulfonamides is 1. The van der Waals surface area contributed by atoms with Crippen LogP contribution in [0.25, 0.3) is 10.6 Å². The minimum absolute atomic E-state index is 0.00525. The number of rotatable bonds is 6. The van der Waals surface area contributed by atoms with Gasteiger partial charge in [0.25, 0.3) is 21.8 Å². The molecule has 3 N–H and O–H groups in total. The van der Waals surface area contributed by atoms with E-state index in [0.29, 0.717) is 21.3 Å². The number of nitrogens with zero attached hydrogens (tertiary/aromatic N) is 1. The topological polar surface area (TPSA) is 117 Å². The third-order valence-corrected chi connectivity index (χ3v) is 7.37. The lowest BCUT2D eigenvalue weighted by molar-refractivity contribution is 0.0848. The highest BCUT2D eigenvalue weighted by atomic mass is 32.2. The number of hydrogen-bond donors (Lipinski definition) is 3. The van der Waals surface area contributed by atoms with Crippen LogP contribution in [-0.4, -0.2) is 25.2 Å². The van der Waals surface area contributed by atoms with E-state index >= 15 is 0 Å². The Morgan fingerprint density at radius 2 is 1.38 bits per heavy atom. The van der Waals surface area contributed by atoms with Gasteiger partial charge in [0.1, 0.15) is 9.88 Å². The monoisotopic (exact) mass is 492 g/mol. The molecule has 0 bridgehead atoms. The molecule has 0 aliphatic heterocycles. The smallest absolute Gasteiger partial charge is 0.280 e. The van der Waals surface area contributed by atoms with Crippen molar-refractivity contribution >= 4 is 38.9 Å². The minimum atomic E-state index is -3.80. The fraction of sp³-hybridized carbons (Fsp3) is 0.0417. The van der Waals surface area contributed by atoms with E-state index in [4.69, 9.17) is 0 Å². The first-order chi connectivity index (χ1) is 16.3. The average Bonchev–Trinajstić information content (AvgIpc) is 3.25. The molecule has 2 amide bonds. The van der Waals surface area contributed by atoms with Gasteiger partial charge in [-0.2, -0.15) is 0 Å². The Balaban J connectivity index is 1.39.